The SMILES string of the molecule is CSc1nc(N)cc(Nc2ccc(Cl)cc2F)n1. The van der Waals surface area contributed by atoms with Crippen LogP contribution in [-0.4, -0.2) is 16.2 Å². The van der Waals surface area contributed by atoms with Crippen LogP contribution in [0.4, 0.5) is 21.7 Å². The van der Waals surface area contributed by atoms with Crippen molar-refractivity contribution in [2.45, 2.75) is 5.16 Å². The highest BCUT2D eigenvalue weighted by Crippen LogP contribution is 2.23. The zero-order valence-corrected chi connectivity index (χ0v) is 11.0. The predicted molar refractivity (Wildman–Crippen MR) is 72.9 cm³/mol. The second-order valence-electron chi connectivity index (χ2n) is 3.41. The third kappa shape index (κ3) is 3.02. The number of nitrogens with two attached hydrogens (primary N) is 1. The number of hydrogen-bond acceptors (Lipinski definition) is 5. The summed E-state index contributed by atoms with van der Waals surface area (Å²) in [6.07, 6.45) is 1.83. The number of nitrogen functional groups attached to an aromatic ring is 1. The molecule has 1 aromatic heterocycles. The third-order valence-electron chi connectivity index (χ3n) is 2.10. The zero-order chi connectivity index (χ0) is 13.1. The van der Waals surface area contributed by atoms with Crippen LogP contribution >= 0.6 is 23.4 Å². The van der Waals surface area contributed by atoms with Gasteiger partial charge in [-0.05, 0) is 24.5 Å². The van der Waals surface area contributed by atoms with Gasteiger partial charge in [0.2, 0.25) is 0 Å². The minimum atomic E-state index is -0.453. The fourth-order valence-electron chi connectivity index (χ4n) is 1.33. The molecule has 0 saturated carbocycles. The molecule has 1 heterocycles. The highest BCUT2D eigenvalue weighted by Gasteiger charge is 2.06. The van der Waals surface area contributed by atoms with E-state index >= 15 is 0 Å². The summed E-state index contributed by atoms with van der Waals surface area (Å²) in [5.41, 5.74) is 5.91. The average Bonchev–Trinajstić information content (AvgIpc) is 2.32. The van der Waals surface area contributed by atoms with Gasteiger partial charge in [-0.3, -0.25) is 0 Å². The maximum absolute atomic E-state index is 13.6. The molecule has 2 rings (SSSR count). The zero-order valence-electron chi connectivity index (χ0n) is 9.45. The van der Waals surface area contributed by atoms with Crippen molar-refractivity contribution in [2.75, 3.05) is 17.3 Å². The molecular formula is C11H10ClFN4S. The first-order valence-corrected chi connectivity index (χ1v) is 6.59. The van der Waals surface area contributed by atoms with Crippen LogP contribution in [0.25, 0.3) is 0 Å². The molecule has 0 radical (unpaired) electrons. The van der Waals surface area contributed by atoms with E-state index in [1.54, 1.807) is 6.07 Å². The molecule has 18 heavy (non-hydrogen) atoms. The summed E-state index contributed by atoms with van der Waals surface area (Å²) in [6, 6.07) is 5.89. The average molecular weight is 285 g/mol. The van der Waals surface area contributed by atoms with Gasteiger partial charge in [0, 0.05) is 11.1 Å². The van der Waals surface area contributed by atoms with E-state index in [1.807, 2.05) is 6.26 Å². The van der Waals surface area contributed by atoms with Gasteiger partial charge in [0.25, 0.3) is 0 Å². The first kappa shape index (κ1) is 12.9. The summed E-state index contributed by atoms with van der Waals surface area (Å²) in [4.78, 5) is 8.18. The van der Waals surface area contributed by atoms with E-state index in [2.05, 4.69) is 15.3 Å². The molecule has 4 nitrogen and oxygen atoms in total. The van der Waals surface area contributed by atoms with Crippen LogP contribution in [0.2, 0.25) is 5.02 Å². The number of nitrogens with zero attached hydrogens (tertiary/aromatic N) is 2. The molecule has 0 aliphatic rings. The molecule has 1 aromatic carbocycles. The maximum Gasteiger partial charge on any atom is 0.191 e. The van der Waals surface area contributed by atoms with Gasteiger partial charge in [0.05, 0.1) is 5.69 Å². The predicted octanol–water partition coefficient (Wildman–Crippen LogP) is 3.32. The number of thioether (sulfide) groups is 1. The highest BCUT2D eigenvalue weighted by molar-refractivity contribution is 7.98. The fourth-order valence-corrected chi connectivity index (χ4v) is 1.87. The van der Waals surface area contributed by atoms with Gasteiger partial charge in [-0.25, -0.2) is 14.4 Å². The van der Waals surface area contributed by atoms with Crippen molar-refractivity contribution in [2.24, 2.45) is 0 Å². The summed E-state index contributed by atoms with van der Waals surface area (Å²) in [6.45, 7) is 0. The lowest BCUT2D eigenvalue weighted by Crippen LogP contribution is -2.01. The van der Waals surface area contributed by atoms with Crippen LogP contribution in [0.1, 0.15) is 0 Å². The molecule has 0 atom stereocenters. The first-order chi connectivity index (χ1) is 8.58. The second kappa shape index (κ2) is 5.41. The first-order valence-electron chi connectivity index (χ1n) is 4.99. The Morgan fingerprint density at radius 1 is 1.33 bits per heavy atom. The number of benzene rings is 1. The van der Waals surface area contributed by atoms with Gasteiger partial charge in [-0.2, -0.15) is 0 Å². The van der Waals surface area contributed by atoms with Crippen molar-refractivity contribution in [1.82, 2.24) is 9.97 Å². The van der Waals surface area contributed by atoms with Crippen molar-refractivity contribution in [3.63, 3.8) is 0 Å². The standard InChI is InChI=1S/C11H10ClFN4S/c1-18-11-16-9(14)5-10(17-11)15-8-3-2-6(12)4-7(8)13/h2-5H,1H3,(H3,14,15,16,17). The van der Waals surface area contributed by atoms with Gasteiger partial charge >= 0.3 is 0 Å². The molecule has 0 unspecified atom stereocenters. The van der Waals surface area contributed by atoms with E-state index in [9.17, 15) is 4.39 Å². The van der Waals surface area contributed by atoms with Crippen LogP contribution in [0, 0.1) is 5.82 Å². The van der Waals surface area contributed by atoms with Gasteiger partial charge < -0.3 is 11.1 Å². The number of aromatic nitrogens is 2. The molecule has 3 N–H and O–H groups in total. The molecule has 0 aliphatic heterocycles. The number of nitrogens with one attached hydrogen (secondary N) is 1. The van der Waals surface area contributed by atoms with Crippen LogP contribution in [-0.2, 0) is 0 Å². The lowest BCUT2D eigenvalue weighted by molar-refractivity contribution is 0.632. The van der Waals surface area contributed by atoms with Gasteiger partial charge in [-0.1, -0.05) is 23.4 Å². The van der Waals surface area contributed by atoms with Crippen LogP contribution < -0.4 is 11.1 Å². The minimum absolute atomic E-state index is 0.282. The van der Waals surface area contributed by atoms with E-state index < -0.39 is 5.82 Å². The third-order valence-corrected chi connectivity index (χ3v) is 2.88. The number of anilines is 3. The van der Waals surface area contributed by atoms with Crippen LogP contribution in [0.3, 0.4) is 0 Å². The van der Waals surface area contributed by atoms with E-state index in [1.165, 1.54) is 30.0 Å². The number of hydrogen-bond donors (Lipinski definition) is 2. The Hall–Kier alpha value is -1.53. The smallest absolute Gasteiger partial charge is 0.191 e. The van der Waals surface area contributed by atoms with Gasteiger partial charge in [-0.15, -0.1) is 0 Å². The minimum Gasteiger partial charge on any atom is -0.383 e. The number of halogens is 2. The van der Waals surface area contributed by atoms with Crippen molar-refractivity contribution >= 4 is 40.7 Å². The van der Waals surface area contributed by atoms with E-state index in [0.29, 0.717) is 21.8 Å². The molecule has 0 spiro atoms. The topological polar surface area (TPSA) is 63.8 Å². The molecule has 0 bridgehead atoms. The summed E-state index contributed by atoms with van der Waals surface area (Å²) in [5.74, 6) is 0.310. The molecule has 0 amide bonds. The normalized spacial score (nSPS) is 10.4. The lowest BCUT2D eigenvalue weighted by atomic mass is 10.3. The van der Waals surface area contributed by atoms with Gasteiger partial charge in [0.15, 0.2) is 5.16 Å². The number of rotatable bonds is 3. The fraction of sp³-hybridized carbons (Fsp3) is 0.0909. The van der Waals surface area contributed by atoms with Crippen molar-refractivity contribution in [3.8, 4) is 0 Å². The largest absolute Gasteiger partial charge is 0.383 e. The Labute approximate surface area is 113 Å². The van der Waals surface area contributed by atoms with E-state index in [0.717, 1.165) is 0 Å². The van der Waals surface area contributed by atoms with Crippen molar-refractivity contribution in [3.05, 3.63) is 35.1 Å². The monoisotopic (exact) mass is 284 g/mol. The van der Waals surface area contributed by atoms with E-state index in [-0.39, 0.29) is 5.69 Å². The Morgan fingerprint density at radius 2 is 2.11 bits per heavy atom. The summed E-state index contributed by atoms with van der Waals surface area (Å²) in [5, 5.41) is 3.70. The summed E-state index contributed by atoms with van der Waals surface area (Å²) >= 11 is 7.03. The van der Waals surface area contributed by atoms with Crippen LogP contribution in [0.5, 0.6) is 0 Å². The molecule has 2 aromatic rings. The van der Waals surface area contributed by atoms with Gasteiger partial charge in [0.1, 0.15) is 17.5 Å². The quantitative estimate of drug-likeness (QED) is 0.669. The molecule has 0 fully saturated rings. The molecule has 0 aliphatic carbocycles. The summed E-state index contributed by atoms with van der Waals surface area (Å²) in [7, 11) is 0. The Balaban J connectivity index is 2.30. The molecular weight excluding hydrogens is 275 g/mol. The lowest BCUT2D eigenvalue weighted by Gasteiger charge is -2.08. The summed E-state index contributed by atoms with van der Waals surface area (Å²) < 4.78 is 13.6. The highest BCUT2D eigenvalue weighted by atomic mass is 35.5. The Bertz CT molecular complexity index is 579. The Kier molecular flexibility index (Phi) is 3.88. The van der Waals surface area contributed by atoms with Crippen molar-refractivity contribution < 1.29 is 4.39 Å². The second-order valence-corrected chi connectivity index (χ2v) is 4.62. The molecule has 94 valence electrons. The van der Waals surface area contributed by atoms with Crippen molar-refractivity contribution in [1.29, 1.82) is 0 Å². The van der Waals surface area contributed by atoms with Crippen LogP contribution in [0.15, 0.2) is 29.4 Å². The van der Waals surface area contributed by atoms with E-state index in [4.69, 9.17) is 17.3 Å². The Morgan fingerprint density at radius 3 is 2.78 bits per heavy atom. The maximum atomic E-state index is 13.6. The molecule has 7 heteroatoms. The molecule has 0 saturated heterocycles.